The van der Waals surface area contributed by atoms with E-state index in [9.17, 15) is 17.6 Å². The molecule has 0 unspecified atom stereocenters. The van der Waals surface area contributed by atoms with Gasteiger partial charge in [-0.3, -0.25) is 0 Å². The number of rotatable bonds is 4. The lowest BCUT2D eigenvalue weighted by atomic mass is 10.2. The molecule has 0 aliphatic heterocycles. The van der Waals surface area contributed by atoms with E-state index in [2.05, 4.69) is 0 Å². The molecule has 2 aromatic rings. The number of halogens is 1. The van der Waals surface area contributed by atoms with E-state index in [1.165, 1.54) is 24.3 Å². The average Bonchev–Trinajstić information content (AvgIpc) is 2.87. The van der Waals surface area contributed by atoms with Crippen LogP contribution < -0.4 is 5.14 Å². The van der Waals surface area contributed by atoms with Crippen LogP contribution in [0.3, 0.4) is 0 Å². The van der Waals surface area contributed by atoms with Gasteiger partial charge in [-0.05, 0) is 29.8 Å². The van der Waals surface area contributed by atoms with E-state index >= 15 is 0 Å². The summed E-state index contributed by atoms with van der Waals surface area (Å²) in [6.45, 7) is -0.0927. The Morgan fingerprint density at radius 3 is 2.40 bits per heavy atom. The van der Waals surface area contributed by atoms with Crippen molar-refractivity contribution >= 4 is 16.0 Å². The van der Waals surface area contributed by atoms with Crippen molar-refractivity contribution in [3.05, 3.63) is 53.5 Å². The Labute approximate surface area is 114 Å². The number of ether oxygens (including phenoxy) is 1. The van der Waals surface area contributed by atoms with Crippen LogP contribution in [0.25, 0.3) is 0 Å². The van der Waals surface area contributed by atoms with E-state index in [4.69, 9.17) is 14.3 Å². The van der Waals surface area contributed by atoms with Gasteiger partial charge < -0.3 is 9.15 Å². The molecule has 1 aromatic carbocycles. The zero-order valence-corrected chi connectivity index (χ0v) is 10.9. The summed E-state index contributed by atoms with van der Waals surface area (Å²) in [4.78, 5) is 11.6. The topological polar surface area (TPSA) is 99.6 Å². The third-order valence-electron chi connectivity index (χ3n) is 2.35. The van der Waals surface area contributed by atoms with Gasteiger partial charge in [0.2, 0.25) is 10.9 Å². The molecule has 0 saturated heterocycles. The van der Waals surface area contributed by atoms with Crippen LogP contribution in [0.1, 0.15) is 16.1 Å². The van der Waals surface area contributed by atoms with Crippen molar-refractivity contribution in [3.63, 3.8) is 0 Å². The van der Waals surface area contributed by atoms with Crippen LogP contribution in [-0.2, 0) is 21.4 Å². The number of primary sulfonamides is 1. The summed E-state index contributed by atoms with van der Waals surface area (Å²) in [6, 6.07) is 7.59. The van der Waals surface area contributed by atoms with Gasteiger partial charge in [0.05, 0.1) is 0 Å². The van der Waals surface area contributed by atoms with Crippen molar-refractivity contribution in [1.82, 2.24) is 0 Å². The predicted octanol–water partition coefficient (Wildman–Crippen LogP) is 1.42. The van der Waals surface area contributed by atoms with Crippen molar-refractivity contribution in [2.24, 2.45) is 5.14 Å². The van der Waals surface area contributed by atoms with Crippen LogP contribution in [0.4, 0.5) is 4.39 Å². The molecule has 6 nitrogen and oxygen atoms in total. The molecule has 0 bridgehead atoms. The highest BCUT2D eigenvalue weighted by Gasteiger charge is 2.18. The largest absolute Gasteiger partial charge is 0.455 e. The molecular formula is C12H10FNO5S. The van der Waals surface area contributed by atoms with Gasteiger partial charge in [0.15, 0.2) is 0 Å². The number of carbonyl (C=O) groups is 1. The number of carbonyl (C=O) groups excluding carboxylic acids is 1. The molecule has 0 spiro atoms. The van der Waals surface area contributed by atoms with E-state index in [1.807, 2.05) is 0 Å². The van der Waals surface area contributed by atoms with E-state index < -0.39 is 26.9 Å². The number of hydrogen-bond acceptors (Lipinski definition) is 5. The molecule has 1 heterocycles. The van der Waals surface area contributed by atoms with E-state index in [0.29, 0.717) is 5.56 Å². The molecular weight excluding hydrogens is 289 g/mol. The Balaban J connectivity index is 2.02. The molecule has 0 aliphatic carbocycles. The summed E-state index contributed by atoms with van der Waals surface area (Å²) in [7, 11) is -4.00. The first-order chi connectivity index (χ1) is 9.36. The monoisotopic (exact) mass is 299 g/mol. The lowest BCUT2D eigenvalue weighted by Crippen LogP contribution is -2.11. The van der Waals surface area contributed by atoms with Gasteiger partial charge >= 0.3 is 5.97 Å². The maximum absolute atomic E-state index is 12.7. The van der Waals surface area contributed by atoms with Crippen LogP contribution in [0.2, 0.25) is 0 Å². The molecule has 0 atom stereocenters. The molecule has 0 amide bonds. The highest BCUT2D eigenvalue weighted by Crippen LogP contribution is 2.14. The number of benzene rings is 1. The zero-order chi connectivity index (χ0) is 14.8. The minimum absolute atomic E-state index is 0.0927. The van der Waals surface area contributed by atoms with E-state index in [-0.39, 0.29) is 12.4 Å². The summed E-state index contributed by atoms with van der Waals surface area (Å²) < 4.78 is 44.3. The molecule has 8 heteroatoms. The zero-order valence-electron chi connectivity index (χ0n) is 10.1. The molecule has 1 aromatic heterocycles. The van der Waals surface area contributed by atoms with Crippen LogP contribution in [-0.4, -0.2) is 14.4 Å². The quantitative estimate of drug-likeness (QED) is 0.861. The Bertz CT molecular complexity index is 721. The number of furan rings is 1. The van der Waals surface area contributed by atoms with Crippen LogP contribution in [0, 0.1) is 5.82 Å². The maximum Gasteiger partial charge on any atom is 0.374 e. The minimum Gasteiger partial charge on any atom is -0.455 e. The summed E-state index contributed by atoms with van der Waals surface area (Å²) in [5, 5.41) is 4.32. The van der Waals surface area contributed by atoms with Crippen molar-refractivity contribution < 1.29 is 26.8 Å². The normalized spacial score (nSPS) is 11.3. The minimum atomic E-state index is -4.00. The first kappa shape index (κ1) is 14.2. The Hall–Kier alpha value is -2.19. The molecule has 106 valence electrons. The molecule has 0 radical (unpaired) electrons. The maximum atomic E-state index is 12.7. The van der Waals surface area contributed by atoms with Gasteiger partial charge in [0.25, 0.3) is 10.0 Å². The van der Waals surface area contributed by atoms with Gasteiger partial charge in [-0.2, -0.15) is 0 Å². The first-order valence-electron chi connectivity index (χ1n) is 5.40. The van der Waals surface area contributed by atoms with Gasteiger partial charge in [-0.25, -0.2) is 22.7 Å². The smallest absolute Gasteiger partial charge is 0.374 e. The average molecular weight is 299 g/mol. The van der Waals surface area contributed by atoms with E-state index in [0.717, 1.165) is 12.1 Å². The molecule has 0 saturated carbocycles. The van der Waals surface area contributed by atoms with Gasteiger partial charge in [-0.1, -0.05) is 12.1 Å². The van der Waals surface area contributed by atoms with Crippen LogP contribution in [0.15, 0.2) is 45.9 Å². The van der Waals surface area contributed by atoms with Crippen molar-refractivity contribution in [2.75, 3.05) is 0 Å². The molecule has 2 N–H and O–H groups in total. The molecule has 0 fully saturated rings. The van der Waals surface area contributed by atoms with Crippen LogP contribution >= 0.6 is 0 Å². The Kier molecular flexibility index (Phi) is 3.86. The highest BCUT2D eigenvalue weighted by molar-refractivity contribution is 7.89. The van der Waals surface area contributed by atoms with E-state index in [1.54, 1.807) is 0 Å². The number of sulfonamides is 1. The lowest BCUT2D eigenvalue weighted by Gasteiger charge is -2.02. The molecule has 2 rings (SSSR count). The van der Waals surface area contributed by atoms with Gasteiger partial charge in [0, 0.05) is 0 Å². The summed E-state index contributed by atoms with van der Waals surface area (Å²) in [5.41, 5.74) is 0.581. The third-order valence-corrected chi connectivity index (χ3v) is 3.13. The third kappa shape index (κ3) is 3.43. The second-order valence-corrected chi connectivity index (χ2v) is 5.36. The first-order valence-corrected chi connectivity index (χ1v) is 6.95. The Morgan fingerprint density at radius 2 is 1.85 bits per heavy atom. The fourth-order valence-corrected chi connectivity index (χ4v) is 1.85. The number of esters is 1. The van der Waals surface area contributed by atoms with Crippen molar-refractivity contribution in [2.45, 2.75) is 11.7 Å². The predicted molar refractivity (Wildman–Crippen MR) is 65.6 cm³/mol. The number of hydrogen-bond donors (Lipinski definition) is 1. The Morgan fingerprint density at radius 1 is 1.20 bits per heavy atom. The summed E-state index contributed by atoms with van der Waals surface area (Å²) in [6.07, 6.45) is 0. The van der Waals surface area contributed by atoms with Crippen molar-refractivity contribution in [1.29, 1.82) is 0 Å². The number of nitrogens with two attached hydrogens (primary N) is 1. The van der Waals surface area contributed by atoms with Crippen LogP contribution in [0.5, 0.6) is 0 Å². The fourth-order valence-electron chi connectivity index (χ4n) is 1.38. The second-order valence-electron chi connectivity index (χ2n) is 3.87. The lowest BCUT2D eigenvalue weighted by molar-refractivity contribution is 0.0430. The fraction of sp³-hybridized carbons (Fsp3) is 0.0833. The second kappa shape index (κ2) is 5.43. The molecule has 0 aliphatic rings. The SMILES string of the molecule is NS(=O)(=O)c1ccc(C(=O)OCc2ccc(F)cc2)o1. The standard InChI is InChI=1S/C12H10FNO5S/c13-9-3-1-8(2-4-9)7-18-12(15)10-5-6-11(19-10)20(14,16)17/h1-6H,7H2,(H2,14,16,17). The summed E-state index contributed by atoms with van der Waals surface area (Å²) >= 11 is 0. The van der Waals surface area contributed by atoms with Crippen molar-refractivity contribution in [3.8, 4) is 0 Å². The van der Waals surface area contributed by atoms with Gasteiger partial charge in [-0.15, -0.1) is 0 Å². The van der Waals surface area contributed by atoms with Gasteiger partial charge in [0.1, 0.15) is 12.4 Å². The molecule has 20 heavy (non-hydrogen) atoms. The highest BCUT2D eigenvalue weighted by atomic mass is 32.2. The summed E-state index contributed by atoms with van der Waals surface area (Å²) in [5.74, 6) is -1.52.